The van der Waals surface area contributed by atoms with Gasteiger partial charge in [-0.25, -0.2) is 9.97 Å². The molecule has 6 nitrogen and oxygen atoms in total. The molecule has 2 aromatic rings. The zero-order valence-corrected chi connectivity index (χ0v) is 10.5. The van der Waals surface area contributed by atoms with Gasteiger partial charge in [-0.3, -0.25) is 0 Å². The Kier molecular flexibility index (Phi) is 2.76. The summed E-state index contributed by atoms with van der Waals surface area (Å²) in [5.41, 5.74) is 0. The molecule has 0 aliphatic heterocycles. The third-order valence-electron chi connectivity index (χ3n) is 2.43. The van der Waals surface area contributed by atoms with Crippen molar-refractivity contribution < 1.29 is 4.42 Å². The van der Waals surface area contributed by atoms with Gasteiger partial charge in [-0.05, 0) is 28.8 Å². The largest absolute Gasteiger partial charge is 0.423 e. The summed E-state index contributed by atoms with van der Waals surface area (Å²) in [6, 6.07) is 0. The Labute approximate surface area is 106 Å². The van der Waals surface area contributed by atoms with E-state index in [1.54, 1.807) is 12.4 Å². The summed E-state index contributed by atoms with van der Waals surface area (Å²) < 4.78 is 6.35. The van der Waals surface area contributed by atoms with Crippen molar-refractivity contribution in [2.75, 3.05) is 5.32 Å². The van der Waals surface area contributed by atoms with E-state index in [1.165, 1.54) is 0 Å². The Morgan fingerprint density at radius 3 is 2.76 bits per heavy atom. The molecule has 0 spiro atoms. The summed E-state index contributed by atoms with van der Waals surface area (Å²) >= 11 is 3.27. The first-order chi connectivity index (χ1) is 8.31. The van der Waals surface area contributed by atoms with Crippen LogP contribution in [0.15, 0.2) is 21.3 Å². The van der Waals surface area contributed by atoms with Crippen molar-refractivity contribution in [1.82, 2.24) is 20.2 Å². The van der Waals surface area contributed by atoms with Gasteiger partial charge in [0.2, 0.25) is 17.7 Å². The molecular weight excluding hydrogens is 286 g/mol. The Balaban J connectivity index is 1.60. The first-order valence-corrected chi connectivity index (χ1v) is 6.14. The maximum absolute atomic E-state index is 5.50. The number of hydrogen-bond donors (Lipinski definition) is 1. The predicted molar refractivity (Wildman–Crippen MR) is 63.3 cm³/mol. The van der Waals surface area contributed by atoms with Crippen molar-refractivity contribution in [3.63, 3.8) is 0 Å². The van der Waals surface area contributed by atoms with Gasteiger partial charge < -0.3 is 9.73 Å². The average molecular weight is 296 g/mol. The second-order valence-electron chi connectivity index (χ2n) is 3.89. The van der Waals surface area contributed by atoms with Crippen molar-refractivity contribution in [2.24, 2.45) is 0 Å². The van der Waals surface area contributed by atoms with E-state index in [4.69, 9.17) is 4.42 Å². The fourth-order valence-corrected chi connectivity index (χ4v) is 1.60. The number of rotatable bonds is 4. The normalized spacial score (nSPS) is 14.9. The molecule has 88 valence electrons. The molecule has 0 saturated heterocycles. The van der Waals surface area contributed by atoms with E-state index < -0.39 is 0 Å². The highest BCUT2D eigenvalue weighted by Gasteiger charge is 2.29. The number of halogens is 1. The highest BCUT2D eigenvalue weighted by Crippen LogP contribution is 2.38. The fourth-order valence-electron chi connectivity index (χ4n) is 1.39. The lowest BCUT2D eigenvalue weighted by Gasteiger charge is -2.00. The van der Waals surface area contributed by atoms with E-state index >= 15 is 0 Å². The number of anilines is 1. The average Bonchev–Trinajstić information content (AvgIpc) is 3.09. The minimum absolute atomic E-state index is 0.446. The maximum Gasteiger partial charge on any atom is 0.235 e. The summed E-state index contributed by atoms with van der Waals surface area (Å²) in [6.07, 6.45) is 5.67. The van der Waals surface area contributed by atoms with E-state index in [2.05, 4.69) is 41.4 Å². The summed E-state index contributed by atoms with van der Waals surface area (Å²) in [7, 11) is 0. The van der Waals surface area contributed by atoms with Crippen LogP contribution < -0.4 is 5.32 Å². The molecule has 2 aromatic heterocycles. The van der Waals surface area contributed by atoms with E-state index in [9.17, 15) is 0 Å². The van der Waals surface area contributed by atoms with E-state index in [0.29, 0.717) is 24.3 Å². The molecule has 0 bridgehead atoms. The van der Waals surface area contributed by atoms with Gasteiger partial charge in [-0.1, -0.05) is 0 Å². The first-order valence-electron chi connectivity index (χ1n) is 5.35. The zero-order valence-electron chi connectivity index (χ0n) is 8.93. The Bertz CT molecular complexity index is 508. The topological polar surface area (TPSA) is 76.7 Å². The fraction of sp³-hybridized carbons (Fsp3) is 0.400. The van der Waals surface area contributed by atoms with Crippen LogP contribution in [0.4, 0.5) is 5.95 Å². The lowest BCUT2D eigenvalue weighted by atomic mass is 10.4. The van der Waals surface area contributed by atoms with Crippen LogP contribution in [-0.4, -0.2) is 20.2 Å². The molecule has 1 aliphatic rings. The summed E-state index contributed by atoms with van der Waals surface area (Å²) in [5.74, 6) is 2.34. The standard InChI is InChI=1S/C10H10BrN5O/c11-7-3-12-10(13-4-7)14-5-8-15-16-9(17-8)6-1-2-6/h3-4,6H,1-2,5H2,(H,12,13,14). The number of nitrogens with one attached hydrogen (secondary N) is 1. The number of nitrogens with zero attached hydrogens (tertiary/aromatic N) is 4. The Hall–Kier alpha value is -1.50. The van der Waals surface area contributed by atoms with Crippen molar-refractivity contribution in [3.05, 3.63) is 28.6 Å². The number of hydrogen-bond acceptors (Lipinski definition) is 6. The van der Waals surface area contributed by atoms with Crippen LogP contribution >= 0.6 is 15.9 Å². The van der Waals surface area contributed by atoms with Gasteiger partial charge in [-0.2, -0.15) is 0 Å². The molecule has 0 atom stereocenters. The summed E-state index contributed by atoms with van der Waals surface area (Å²) in [6.45, 7) is 0.446. The molecule has 0 aromatic carbocycles. The van der Waals surface area contributed by atoms with Crippen molar-refractivity contribution >= 4 is 21.9 Å². The maximum atomic E-state index is 5.50. The molecule has 0 amide bonds. The number of aromatic nitrogens is 4. The third kappa shape index (κ3) is 2.60. The van der Waals surface area contributed by atoms with Crippen LogP contribution in [0.1, 0.15) is 30.5 Å². The van der Waals surface area contributed by atoms with E-state index in [-0.39, 0.29) is 0 Å². The summed E-state index contributed by atoms with van der Waals surface area (Å²) in [4.78, 5) is 8.18. The highest BCUT2D eigenvalue weighted by atomic mass is 79.9. The monoisotopic (exact) mass is 295 g/mol. The molecular formula is C10H10BrN5O. The quantitative estimate of drug-likeness (QED) is 0.931. The molecule has 3 rings (SSSR count). The van der Waals surface area contributed by atoms with Crippen molar-refractivity contribution in [1.29, 1.82) is 0 Å². The van der Waals surface area contributed by atoms with Crippen molar-refractivity contribution in [2.45, 2.75) is 25.3 Å². The Morgan fingerprint density at radius 1 is 1.29 bits per heavy atom. The first kappa shape index (κ1) is 10.6. The molecule has 2 heterocycles. The Morgan fingerprint density at radius 2 is 2.06 bits per heavy atom. The molecule has 1 fully saturated rings. The van der Waals surface area contributed by atoms with Crippen LogP contribution in [-0.2, 0) is 6.54 Å². The van der Waals surface area contributed by atoms with Crippen LogP contribution in [0.3, 0.4) is 0 Å². The van der Waals surface area contributed by atoms with Gasteiger partial charge in [-0.15, -0.1) is 10.2 Å². The summed E-state index contributed by atoms with van der Waals surface area (Å²) in [5, 5.41) is 11.0. The molecule has 0 radical (unpaired) electrons. The van der Waals surface area contributed by atoms with Crippen LogP contribution in [0.25, 0.3) is 0 Å². The van der Waals surface area contributed by atoms with E-state index in [1.807, 2.05) is 0 Å². The van der Waals surface area contributed by atoms with Gasteiger partial charge in [0.05, 0.1) is 11.0 Å². The molecule has 1 aliphatic carbocycles. The predicted octanol–water partition coefficient (Wildman–Crippen LogP) is 2.11. The second-order valence-corrected chi connectivity index (χ2v) is 4.80. The van der Waals surface area contributed by atoms with Gasteiger partial charge in [0.1, 0.15) is 0 Å². The highest BCUT2D eigenvalue weighted by molar-refractivity contribution is 9.10. The van der Waals surface area contributed by atoms with Gasteiger partial charge in [0.15, 0.2) is 0 Å². The van der Waals surface area contributed by atoms with Crippen molar-refractivity contribution in [3.8, 4) is 0 Å². The molecule has 17 heavy (non-hydrogen) atoms. The second kappa shape index (κ2) is 4.40. The lowest BCUT2D eigenvalue weighted by Crippen LogP contribution is -2.03. The lowest BCUT2D eigenvalue weighted by molar-refractivity contribution is 0.456. The molecule has 1 saturated carbocycles. The minimum Gasteiger partial charge on any atom is -0.423 e. The van der Waals surface area contributed by atoms with Crippen LogP contribution in [0, 0.1) is 0 Å². The smallest absolute Gasteiger partial charge is 0.235 e. The molecule has 1 N–H and O–H groups in total. The third-order valence-corrected chi connectivity index (χ3v) is 2.84. The van der Waals surface area contributed by atoms with E-state index in [0.717, 1.165) is 23.2 Å². The van der Waals surface area contributed by atoms with Gasteiger partial charge >= 0.3 is 0 Å². The van der Waals surface area contributed by atoms with Crippen LogP contribution in [0.2, 0.25) is 0 Å². The molecule has 0 unspecified atom stereocenters. The van der Waals surface area contributed by atoms with Gasteiger partial charge in [0, 0.05) is 18.3 Å². The van der Waals surface area contributed by atoms with Crippen LogP contribution in [0.5, 0.6) is 0 Å². The zero-order chi connectivity index (χ0) is 11.7. The SMILES string of the molecule is Brc1cnc(NCc2nnc(C3CC3)o2)nc1. The molecule has 7 heteroatoms. The van der Waals surface area contributed by atoms with Gasteiger partial charge in [0.25, 0.3) is 0 Å². The minimum atomic E-state index is 0.446.